The number of pyridine rings is 2. The second kappa shape index (κ2) is 9.12. The van der Waals surface area contributed by atoms with Crippen molar-refractivity contribution in [3.63, 3.8) is 0 Å². The van der Waals surface area contributed by atoms with Crippen molar-refractivity contribution in [2.24, 2.45) is 0 Å². The Kier molecular flexibility index (Phi) is 6.35. The number of ether oxygens (including phenoxy) is 4. The average molecular weight is 423 g/mol. The lowest BCUT2D eigenvalue weighted by Gasteiger charge is -2.15. The van der Waals surface area contributed by atoms with Crippen molar-refractivity contribution in [1.82, 2.24) is 9.97 Å². The standard InChI is InChI=1S/C22H21N3O6/c1-28-13-7-5-12(6-8-13)17-9-15(22(27)31-4)19(23)20(25-17)16-11-24-18(29-2)10-14(16)21(26)30-3/h5-11H,23H2,1-4H3. The molecule has 3 aromatic rings. The number of carbonyl (C=O) groups excluding carboxylic acids is 2. The number of anilines is 1. The maximum atomic E-state index is 12.4. The molecule has 9 nitrogen and oxygen atoms in total. The average Bonchev–Trinajstić information content (AvgIpc) is 2.82. The van der Waals surface area contributed by atoms with Crippen LogP contribution in [0, 0.1) is 0 Å². The quantitative estimate of drug-likeness (QED) is 0.596. The summed E-state index contributed by atoms with van der Waals surface area (Å²) in [5.41, 5.74) is 8.16. The second-order valence-corrected chi connectivity index (χ2v) is 6.30. The van der Waals surface area contributed by atoms with Crippen molar-refractivity contribution in [3.8, 4) is 34.1 Å². The number of benzene rings is 1. The summed E-state index contributed by atoms with van der Waals surface area (Å²) in [4.78, 5) is 33.6. The number of hydrogen-bond acceptors (Lipinski definition) is 9. The number of nitrogens with two attached hydrogens (primary N) is 1. The SMILES string of the molecule is COC(=O)c1cc(OC)ncc1-c1nc(-c2ccc(OC)cc2)cc(C(=O)OC)c1N. The van der Waals surface area contributed by atoms with Crippen LogP contribution in [0.15, 0.2) is 42.6 Å². The van der Waals surface area contributed by atoms with Gasteiger partial charge in [0.15, 0.2) is 0 Å². The molecule has 2 aromatic heterocycles. The molecule has 0 saturated heterocycles. The fourth-order valence-corrected chi connectivity index (χ4v) is 2.96. The van der Waals surface area contributed by atoms with Gasteiger partial charge in [0.05, 0.1) is 56.6 Å². The summed E-state index contributed by atoms with van der Waals surface area (Å²) >= 11 is 0. The summed E-state index contributed by atoms with van der Waals surface area (Å²) in [6.07, 6.45) is 1.39. The van der Waals surface area contributed by atoms with Gasteiger partial charge in [0.2, 0.25) is 5.88 Å². The first kappa shape index (κ1) is 21.6. The van der Waals surface area contributed by atoms with Gasteiger partial charge in [0.1, 0.15) is 5.75 Å². The molecule has 31 heavy (non-hydrogen) atoms. The minimum atomic E-state index is -0.642. The van der Waals surface area contributed by atoms with Gasteiger partial charge in [0.25, 0.3) is 0 Å². The van der Waals surface area contributed by atoms with E-state index in [0.717, 1.165) is 0 Å². The van der Waals surface area contributed by atoms with Gasteiger partial charge in [-0.1, -0.05) is 0 Å². The Morgan fingerprint density at radius 1 is 0.871 bits per heavy atom. The van der Waals surface area contributed by atoms with Crippen LogP contribution >= 0.6 is 0 Å². The molecule has 0 aliphatic rings. The van der Waals surface area contributed by atoms with Crippen molar-refractivity contribution >= 4 is 17.6 Å². The normalized spacial score (nSPS) is 10.3. The highest BCUT2D eigenvalue weighted by Crippen LogP contribution is 2.34. The number of hydrogen-bond donors (Lipinski definition) is 1. The van der Waals surface area contributed by atoms with Crippen LogP contribution < -0.4 is 15.2 Å². The lowest BCUT2D eigenvalue weighted by atomic mass is 10.00. The highest BCUT2D eigenvalue weighted by Gasteiger charge is 2.23. The molecule has 0 saturated carbocycles. The van der Waals surface area contributed by atoms with Crippen molar-refractivity contribution in [2.45, 2.75) is 0 Å². The molecule has 0 spiro atoms. The Morgan fingerprint density at radius 3 is 2.10 bits per heavy atom. The Labute approximate surface area is 178 Å². The molecule has 3 rings (SSSR count). The van der Waals surface area contributed by atoms with Gasteiger partial charge in [-0.15, -0.1) is 0 Å². The van der Waals surface area contributed by atoms with Gasteiger partial charge in [0, 0.05) is 23.4 Å². The van der Waals surface area contributed by atoms with Crippen LogP contribution in [-0.2, 0) is 9.47 Å². The van der Waals surface area contributed by atoms with E-state index in [1.54, 1.807) is 31.4 Å². The van der Waals surface area contributed by atoms with Crippen LogP contribution in [0.3, 0.4) is 0 Å². The van der Waals surface area contributed by atoms with E-state index in [4.69, 9.17) is 24.7 Å². The zero-order valence-electron chi connectivity index (χ0n) is 17.5. The third kappa shape index (κ3) is 4.25. The zero-order valence-corrected chi connectivity index (χ0v) is 17.5. The summed E-state index contributed by atoms with van der Waals surface area (Å²) in [5, 5.41) is 0. The summed E-state index contributed by atoms with van der Waals surface area (Å²) in [6.45, 7) is 0. The third-order valence-electron chi connectivity index (χ3n) is 4.60. The van der Waals surface area contributed by atoms with E-state index < -0.39 is 11.9 Å². The highest BCUT2D eigenvalue weighted by atomic mass is 16.5. The molecule has 0 aliphatic heterocycles. The van der Waals surface area contributed by atoms with Crippen molar-refractivity contribution < 1.29 is 28.5 Å². The fourth-order valence-electron chi connectivity index (χ4n) is 2.96. The minimum Gasteiger partial charge on any atom is -0.497 e. The van der Waals surface area contributed by atoms with Gasteiger partial charge in [-0.05, 0) is 30.3 Å². The van der Waals surface area contributed by atoms with Gasteiger partial charge >= 0.3 is 11.9 Å². The minimum absolute atomic E-state index is 0.0428. The monoisotopic (exact) mass is 423 g/mol. The highest BCUT2D eigenvalue weighted by molar-refractivity contribution is 6.03. The maximum Gasteiger partial charge on any atom is 0.340 e. The number of nitrogen functional groups attached to an aromatic ring is 1. The van der Waals surface area contributed by atoms with E-state index in [1.165, 1.54) is 39.7 Å². The topological polar surface area (TPSA) is 123 Å². The molecule has 9 heteroatoms. The zero-order chi connectivity index (χ0) is 22.5. The Hall–Kier alpha value is -4.14. The molecular formula is C22H21N3O6. The van der Waals surface area contributed by atoms with Gasteiger partial charge in [-0.2, -0.15) is 0 Å². The van der Waals surface area contributed by atoms with Crippen LogP contribution in [0.5, 0.6) is 11.6 Å². The smallest absolute Gasteiger partial charge is 0.340 e. The summed E-state index contributed by atoms with van der Waals surface area (Å²) in [5.74, 6) is -0.398. The molecule has 2 N–H and O–H groups in total. The summed E-state index contributed by atoms with van der Waals surface area (Å²) < 4.78 is 20.1. The lowest BCUT2D eigenvalue weighted by molar-refractivity contribution is 0.0593. The molecule has 0 atom stereocenters. The molecule has 0 fully saturated rings. The van der Waals surface area contributed by atoms with Gasteiger partial charge in [-0.3, -0.25) is 0 Å². The molecule has 160 valence electrons. The van der Waals surface area contributed by atoms with Crippen molar-refractivity contribution in [2.75, 3.05) is 34.2 Å². The van der Waals surface area contributed by atoms with E-state index >= 15 is 0 Å². The predicted octanol–water partition coefficient (Wildman–Crippen LogP) is 2.98. The van der Waals surface area contributed by atoms with Crippen molar-refractivity contribution in [3.05, 3.63) is 53.7 Å². The van der Waals surface area contributed by atoms with Gasteiger partial charge in [-0.25, -0.2) is 19.6 Å². The Morgan fingerprint density at radius 2 is 1.52 bits per heavy atom. The number of aromatic nitrogens is 2. The lowest BCUT2D eigenvalue weighted by Crippen LogP contribution is -2.11. The molecule has 0 aliphatic carbocycles. The molecule has 0 amide bonds. The number of carbonyl (C=O) groups is 2. The van der Waals surface area contributed by atoms with E-state index in [-0.39, 0.29) is 34.0 Å². The number of nitrogens with zero attached hydrogens (tertiary/aromatic N) is 2. The molecule has 2 heterocycles. The van der Waals surface area contributed by atoms with Crippen LogP contribution in [0.1, 0.15) is 20.7 Å². The van der Waals surface area contributed by atoms with Gasteiger partial charge < -0.3 is 24.7 Å². The Balaban J connectivity index is 2.29. The first-order chi connectivity index (χ1) is 14.9. The van der Waals surface area contributed by atoms with Crippen molar-refractivity contribution in [1.29, 1.82) is 0 Å². The van der Waals surface area contributed by atoms with Crippen LogP contribution in [0.25, 0.3) is 22.5 Å². The van der Waals surface area contributed by atoms with Crippen LogP contribution in [0.2, 0.25) is 0 Å². The number of esters is 2. The van der Waals surface area contributed by atoms with E-state index in [0.29, 0.717) is 17.0 Å². The van der Waals surface area contributed by atoms with E-state index in [2.05, 4.69) is 9.97 Å². The summed E-state index contributed by atoms with van der Waals surface area (Å²) in [6, 6.07) is 10.0. The maximum absolute atomic E-state index is 12.4. The fraction of sp³-hybridized carbons (Fsp3) is 0.182. The molecule has 0 bridgehead atoms. The summed E-state index contributed by atoms with van der Waals surface area (Å²) in [7, 11) is 5.50. The number of rotatable bonds is 6. The first-order valence-corrected chi connectivity index (χ1v) is 9.09. The molecule has 0 radical (unpaired) electrons. The van der Waals surface area contributed by atoms with Crippen LogP contribution in [-0.4, -0.2) is 50.3 Å². The number of methoxy groups -OCH3 is 4. The van der Waals surface area contributed by atoms with E-state index in [9.17, 15) is 9.59 Å². The predicted molar refractivity (Wildman–Crippen MR) is 113 cm³/mol. The third-order valence-corrected chi connectivity index (χ3v) is 4.60. The molecular weight excluding hydrogens is 402 g/mol. The Bertz CT molecular complexity index is 1130. The molecule has 0 unspecified atom stereocenters. The molecule has 1 aromatic carbocycles. The van der Waals surface area contributed by atoms with E-state index in [1.807, 2.05) is 0 Å². The first-order valence-electron chi connectivity index (χ1n) is 9.09. The second-order valence-electron chi connectivity index (χ2n) is 6.30. The van der Waals surface area contributed by atoms with Crippen LogP contribution in [0.4, 0.5) is 5.69 Å². The largest absolute Gasteiger partial charge is 0.497 e.